The molecule has 2 nitrogen and oxygen atoms in total. The van der Waals surface area contributed by atoms with Crippen LogP contribution in [0.4, 0.5) is 0 Å². The van der Waals surface area contributed by atoms with Gasteiger partial charge in [0.25, 0.3) is 0 Å². The number of benzene rings is 1. The van der Waals surface area contributed by atoms with Crippen LogP contribution < -0.4 is 5.32 Å². The first-order valence-electron chi connectivity index (χ1n) is 8.08. The highest BCUT2D eigenvalue weighted by molar-refractivity contribution is 5.84. The number of nitrogens with zero attached hydrogens (tertiary/aromatic N) is 1. The first kappa shape index (κ1) is 15.8. The van der Waals surface area contributed by atoms with Gasteiger partial charge < -0.3 is 9.88 Å². The zero-order valence-electron chi connectivity index (χ0n) is 13.7. The molecule has 0 aliphatic carbocycles. The van der Waals surface area contributed by atoms with Crippen LogP contribution in [0.3, 0.4) is 0 Å². The average molecular weight is 284 g/mol. The highest BCUT2D eigenvalue weighted by atomic mass is 15.0. The van der Waals surface area contributed by atoms with E-state index in [2.05, 4.69) is 67.7 Å². The van der Waals surface area contributed by atoms with E-state index < -0.39 is 0 Å². The van der Waals surface area contributed by atoms with E-state index in [0.29, 0.717) is 6.04 Å². The molecule has 114 valence electrons. The van der Waals surface area contributed by atoms with Crippen molar-refractivity contribution < 1.29 is 0 Å². The molecule has 0 saturated heterocycles. The van der Waals surface area contributed by atoms with Gasteiger partial charge in [-0.25, -0.2) is 0 Å². The van der Waals surface area contributed by atoms with Gasteiger partial charge in [0.2, 0.25) is 0 Å². The lowest BCUT2D eigenvalue weighted by atomic mass is 10.1. The smallest absolute Gasteiger partial charge is 0.0486 e. The number of rotatable bonds is 8. The third-order valence-electron chi connectivity index (χ3n) is 3.94. The largest absolute Gasteiger partial charge is 0.343 e. The number of hydrogen-bond acceptors (Lipinski definition) is 1. The number of nitrogens with one attached hydrogen (secondary N) is 1. The molecule has 2 aromatic rings. The molecule has 0 radical (unpaired) electrons. The Hall–Kier alpha value is -1.54. The van der Waals surface area contributed by atoms with E-state index in [1.807, 2.05) is 0 Å². The Bertz CT molecular complexity index is 593. The fourth-order valence-electron chi connectivity index (χ4n) is 2.68. The Morgan fingerprint density at radius 3 is 2.76 bits per heavy atom. The molecule has 0 fully saturated rings. The van der Waals surface area contributed by atoms with Gasteiger partial charge >= 0.3 is 0 Å². The Morgan fingerprint density at radius 1 is 1.29 bits per heavy atom. The van der Waals surface area contributed by atoms with Crippen LogP contribution in [0, 0.1) is 0 Å². The number of para-hydroxylation sites is 1. The highest BCUT2D eigenvalue weighted by Gasteiger charge is 2.08. The predicted octanol–water partition coefficient (Wildman–Crippen LogP) is 4.54. The van der Waals surface area contributed by atoms with Crippen molar-refractivity contribution in [3.8, 4) is 0 Å². The minimum absolute atomic E-state index is 0.569. The predicted molar refractivity (Wildman–Crippen MR) is 92.8 cm³/mol. The summed E-state index contributed by atoms with van der Waals surface area (Å²) in [6.45, 7) is 12.7. The maximum Gasteiger partial charge on any atom is 0.0486 e. The summed E-state index contributed by atoms with van der Waals surface area (Å²) in [7, 11) is 0. The minimum atomic E-state index is 0.569. The van der Waals surface area contributed by atoms with Gasteiger partial charge in [-0.05, 0) is 37.4 Å². The van der Waals surface area contributed by atoms with Crippen molar-refractivity contribution in [1.82, 2.24) is 9.88 Å². The van der Waals surface area contributed by atoms with E-state index in [0.717, 1.165) is 25.9 Å². The number of allylic oxidation sites excluding steroid dienone is 1. The van der Waals surface area contributed by atoms with E-state index in [1.165, 1.54) is 28.5 Å². The SMILES string of the molecule is C=C(CC)Cn1cc(CCCNC(C)C)c2ccccc21. The molecular weight excluding hydrogens is 256 g/mol. The molecule has 0 saturated carbocycles. The van der Waals surface area contributed by atoms with Gasteiger partial charge in [-0.2, -0.15) is 0 Å². The van der Waals surface area contributed by atoms with Crippen molar-refractivity contribution in [3.63, 3.8) is 0 Å². The number of fused-ring (bicyclic) bond motifs is 1. The molecule has 1 aromatic carbocycles. The third-order valence-corrected chi connectivity index (χ3v) is 3.94. The second-order valence-corrected chi connectivity index (χ2v) is 6.12. The lowest BCUT2D eigenvalue weighted by molar-refractivity contribution is 0.570. The maximum absolute atomic E-state index is 4.15. The summed E-state index contributed by atoms with van der Waals surface area (Å²) < 4.78 is 2.35. The molecule has 2 rings (SSSR count). The number of aromatic nitrogens is 1. The number of aryl methyl sites for hydroxylation is 1. The summed E-state index contributed by atoms with van der Waals surface area (Å²) in [5.41, 5.74) is 4.07. The first-order chi connectivity index (χ1) is 10.1. The van der Waals surface area contributed by atoms with Crippen molar-refractivity contribution in [3.05, 3.63) is 48.2 Å². The van der Waals surface area contributed by atoms with Crippen molar-refractivity contribution in [2.75, 3.05) is 6.54 Å². The van der Waals surface area contributed by atoms with Gasteiger partial charge in [0.15, 0.2) is 0 Å². The molecule has 21 heavy (non-hydrogen) atoms. The van der Waals surface area contributed by atoms with E-state index in [1.54, 1.807) is 0 Å². The van der Waals surface area contributed by atoms with E-state index in [9.17, 15) is 0 Å². The summed E-state index contributed by atoms with van der Waals surface area (Å²) in [5.74, 6) is 0. The molecular formula is C19H28N2. The lowest BCUT2D eigenvalue weighted by Crippen LogP contribution is -2.23. The van der Waals surface area contributed by atoms with Crippen LogP contribution in [-0.4, -0.2) is 17.2 Å². The van der Waals surface area contributed by atoms with E-state index in [4.69, 9.17) is 0 Å². The molecule has 0 spiro atoms. The summed E-state index contributed by atoms with van der Waals surface area (Å²) in [4.78, 5) is 0. The Morgan fingerprint density at radius 2 is 2.05 bits per heavy atom. The second kappa shape index (κ2) is 7.46. The molecule has 1 N–H and O–H groups in total. The standard InChI is InChI=1S/C19H28N2/c1-5-16(4)13-21-14-17(9-8-12-20-15(2)3)18-10-6-7-11-19(18)21/h6-7,10-11,14-15,20H,4-5,8-9,12-13H2,1-3H3. The van der Waals surface area contributed by atoms with Crippen LogP contribution in [0.1, 0.15) is 39.2 Å². The second-order valence-electron chi connectivity index (χ2n) is 6.12. The maximum atomic E-state index is 4.15. The molecule has 0 bridgehead atoms. The summed E-state index contributed by atoms with van der Waals surface area (Å²) in [5, 5.41) is 4.89. The minimum Gasteiger partial charge on any atom is -0.343 e. The Labute approximate surface area is 128 Å². The quantitative estimate of drug-likeness (QED) is 0.556. The van der Waals surface area contributed by atoms with Crippen LogP contribution in [0.25, 0.3) is 10.9 Å². The van der Waals surface area contributed by atoms with Crippen LogP contribution >= 0.6 is 0 Å². The van der Waals surface area contributed by atoms with Crippen molar-refractivity contribution >= 4 is 10.9 Å². The van der Waals surface area contributed by atoms with Gasteiger partial charge in [0.05, 0.1) is 0 Å². The molecule has 1 heterocycles. The zero-order chi connectivity index (χ0) is 15.2. The Kier molecular flexibility index (Phi) is 5.63. The molecule has 0 amide bonds. The highest BCUT2D eigenvalue weighted by Crippen LogP contribution is 2.23. The van der Waals surface area contributed by atoms with E-state index >= 15 is 0 Å². The van der Waals surface area contributed by atoms with Crippen LogP contribution in [0.2, 0.25) is 0 Å². The topological polar surface area (TPSA) is 17.0 Å². The first-order valence-corrected chi connectivity index (χ1v) is 8.08. The summed E-state index contributed by atoms with van der Waals surface area (Å²) >= 11 is 0. The lowest BCUT2D eigenvalue weighted by Gasteiger charge is -2.07. The molecule has 2 heteroatoms. The molecule has 0 aliphatic heterocycles. The van der Waals surface area contributed by atoms with Gasteiger partial charge in [0, 0.05) is 29.7 Å². The van der Waals surface area contributed by atoms with Crippen molar-refractivity contribution in [1.29, 1.82) is 0 Å². The van der Waals surface area contributed by atoms with Crippen molar-refractivity contribution in [2.24, 2.45) is 0 Å². The van der Waals surface area contributed by atoms with Crippen LogP contribution in [-0.2, 0) is 13.0 Å². The molecule has 0 atom stereocenters. The monoisotopic (exact) mass is 284 g/mol. The van der Waals surface area contributed by atoms with Crippen molar-refractivity contribution in [2.45, 2.75) is 52.6 Å². The Balaban J connectivity index is 2.13. The van der Waals surface area contributed by atoms with Gasteiger partial charge in [0.1, 0.15) is 0 Å². The molecule has 0 aliphatic rings. The fourth-order valence-corrected chi connectivity index (χ4v) is 2.68. The van der Waals surface area contributed by atoms with Gasteiger partial charge in [-0.1, -0.05) is 51.1 Å². The van der Waals surface area contributed by atoms with Gasteiger partial charge in [-0.3, -0.25) is 0 Å². The third kappa shape index (κ3) is 4.21. The zero-order valence-corrected chi connectivity index (χ0v) is 13.7. The summed E-state index contributed by atoms with van der Waals surface area (Å²) in [6, 6.07) is 9.29. The van der Waals surface area contributed by atoms with E-state index in [-0.39, 0.29) is 0 Å². The van der Waals surface area contributed by atoms with Gasteiger partial charge in [-0.15, -0.1) is 0 Å². The number of hydrogen-bond donors (Lipinski definition) is 1. The molecule has 0 unspecified atom stereocenters. The van der Waals surface area contributed by atoms with Crippen LogP contribution in [0.5, 0.6) is 0 Å². The summed E-state index contributed by atoms with van der Waals surface area (Å²) in [6.07, 6.45) is 5.67. The molecule has 1 aromatic heterocycles. The van der Waals surface area contributed by atoms with Crippen LogP contribution in [0.15, 0.2) is 42.6 Å². The average Bonchev–Trinajstić information content (AvgIpc) is 2.82. The fraction of sp³-hybridized carbons (Fsp3) is 0.474. The normalized spacial score (nSPS) is 11.4.